The summed E-state index contributed by atoms with van der Waals surface area (Å²) in [5.74, 6) is 0.746. The number of para-hydroxylation sites is 2. The zero-order valence-electron chi connectivity index (χ0n) is 11.2. The second-order valence-corrected chi connectivity index (χ2v) is 5.75. The second kappa shape index (κ2) is 5.69. The molecular formula is C16H16N2OS. The molecule has 0 aliphatic carbocycles. The van der Waals surface area contributed by atoms with Crippen LogP contribution in [0.3, 0.4) is 0 Å². The smallest absolute Gasteiger partial charge is 0.256 e. The van der Waals surface area contributed by atoms with E-state index in [0.29, 0.717) is 5.22 Å². The summed E-state index contributed by atoms with van der Waals surface area (Å²) >= 11 is 1.55. The Bertz CT molecular complexity index is 673. The third kappa shape index (κ3) is 2.86. The molecule has 0 aliphatic heterocycles. The molecule has 0 amide bonds. The molecule has 0 fully saturated rings. The number of rotatable bonds is 4. The number of oxazole rings is 1. The van der Waals surface area contributed by atoms with E-state index in [-0.39, 0.29) is 6.04 Å². The van der Waals surface area contributed by atoms with E-state index in [1.165, 1.54) is 5.56 Å². The van der Waals surface area contributed by atoms with Crippen LogP contribution in [-0.4, -0.2) is 10.7 Å². The van der Waals surface area contributed by atoms with Gasteiger partial charge in [-0.3, -0.25) is 0 Å². The Hall–Kier alpha value is -1.78. The van der Waals surface area contributed by atoms with Gasteiger partial charge in [-0.05, 0) is 24.6 Å². The summed E-state index contributed by atoms with van der Waals surface area (Å²) in [5, 5.41) is 0.675. The molecule has 4 heteroatoms. The van der Waals surface area contributed by atoms with Crippen LogP contribution in [0.5, 0.6) is 0 Å². The van der Waals surface area contributed by atoms with Gasteiger partial charge in [-0.15, -0.1) is 0 Å². The molecule has 0 spiro atoms. The fraction of sp³-hybridized carbons (Fsp3) is 0.188. The first kappa shape index (κ1) is 13.2. The molecular weight excluding hydrogens is 268 g/mol. The van der Waals surface area contributed by atoms with Crippen molar-refractivity contribution < 1.29 is 4.42 Å². The lowest BCUT2D eigenvalue weighted by Crippen LogP contribution is -2.12. The maximum Gasteiger partial charge on any atom is 0.256 e. The topological polar surface area (TPSA) is 52.0 Å². The third-order valence-electron chi connectivity index (χ3n) is 3.17. The SMILES string of the molecule is Cc1ccc(C(N)CSc2nc3ccccc3o2)cc1. The molecule has 102 valence electrons. The normalized spacial score (nSPS) is 12.7. The van der Waals surface area contributed by atoms with E-state index < -0.39 is 0 Å². The van der Waals surface area contributed by atoms with Gasteiger partial charge in [0.05, 0.1) is 0 Å². The van der Waals surface area contributed by atoms with E-state index in [1.54, 1.807) is 11.8 Å². The van der Waals surface area contributed by atoms with Gasteiger partial charge in [-0.25, -0.2) is 4.98 Å². The van der Waals surface area contributed by atoms with Crippen molar-refractivity contribution in [2.24, 2.45) is 5.73 Å². The number of nitrogens with zero attached hydrogens (tertiary/aromatic N) is 1. The summed E-state index contributed by atoms with van der Waals surface area (Å²) in [5.41, 5.74) is 10.3. The van der Waals surface area contributed by atoms with Crippen LogP contribution in [0.2, 0.25) is 0 Å². The minimum atomic E-state index is -0.0180. The van der Waals surface area contributed by atoms with Crippen LogP contribution in [-0.2, 0) is 0 Å². The van der Waals surface area contributed by atoms with Crippen molar-refractivity contribution in [3.8, 4) is 0 Å². The Morgan fingerprint density at radius 2 is 1.90 bits per heavy atom. The van der Waals surface area contributed by atoms with Gasteiger partial charge in [0.1, 0.15) is 5.52 Å². The van der Waals surface area contributed by atoms with Crippen molar-refractivity contribution >= 4 is 22.9 Å². The van der Waals surface area contributed by atoms with Gasteiger partial charge >= 0.3 is 0 Å². The molecule has 0 bridgehead atoms. The quantitative estimate of drug-likeness (QED) is 0.738. The van der Waals surface area contributed by atoms with Gasteiger partial charge in [-0.1, -0.05) is 53.7 Å². The van der Waals surface area contributed by atoms with Crippen molar-refractivity contribution in [3.05, 3.63) is 59.7 Å². The average Bonchev–Trinajstić information content (AvgIpc) is 2.88. The van der Waals surface area contributed by atoms with Crippen molar-refractivity contribution in [2.45, 2.75) is 18.2 Å². The number of hydrogen-bond acceptors (Lipinski definition) is 4. The highest BCUT2D eigenvalue weighted by atomic mass is 32.2. The van der Waals surface area contributed by atoms with Crippen molar-refractivity contribution in [2.75, 3.05) is 5.75 Å². The van der Waals surface area contributed by atoms with E-state index in [1.807, 2.05) is 24.3 Å². The Kier molecular flexibility index (Phi) is 3.76. The summed E-state index contributed by atoms with van der Waals surface area (Å²) in [6.45, 7) is 2.07. The van der Waals surface area contributed by atoms with E-state index in [4.69, 9.17) is 10.2 Å². The molecule has 0 saturated carbocycles. The van der Waals surface area contributed by atoms with Gasteiger partial charge in [0.2, 0.25) is 0 Å². The lowest BCUT2D eigenvalue weighted by molar-refractivity contribution is 0.489. The number of nitrogens with two attached hydrogens (primary N) is 1. The average molecular weight is 284 g/mol. The van der Waals surface area contributed by atoms with Crippen molar-refractivity contribution in [3.63, 3.8) is 0 Å². The number of thioether (sulfide) groups is 1. The molecule has 1 aromatic heterocycles. The van der Waals surface area contributed by atoms with Gasteiger partial charge in [0.15, 0.2) is 5.58 Å². The Morgan fingerprint density at radius 1 is 1.15 bits per heavy atom. The molecule has 0 saturated heterocycles. The fourth-order valence-electron chi connectivity index (χ4n) is 1.98. The third-order valence-corrected chi connectivity index (χ3v) is 4.11. The second-order valence-electron chi connectivity index (χ2n) is 4.78. The highest BCUT2D eigenvalue weighted by Crippen LogP contribution is 2.26. The molecule has 0 aliphatic rings. The lowest BCUT2D eigenvalue weighted by Gasteiger charge is -2.10. The van der Waals surface area contributed by atoms with Crippen LogP contribution >= 0.6 is 11.8 Å². The molecule has 3 aromatic rings. The zero-order valence-corrected chi connectivity index (χ0v) is 12.1. The highest BCUT2D eigenvalue weighted by Gasteiger charge is 2.10. The van der Waals surface area contributed by atoms with Crippen LogP contribution in [0.1, 0.15) is 17.2 Å². The van der Waals surface area contributed by atoms with Crippen molar-refractivity contribution in [1.29, 1.82) is 0 Å². The molecule has 2 N–H and O–H groups in total. The zero-order chi connectivity index (χ0) is 13.9. The Balaban J connectivity index is 1.68. The van der Waals surface area contributed by atoms with E-state index in [2.05, 4.69) is 36.2 Å². The Morgan fingerprint density at radius 3 is 2.65 bits per heavy atom. The maximum absolute atomic E-state index is 6.20. The van der Waals surface area contributed by atoms with Crippen LogP contribution in [0.25, 0.3) is 11.1 Å². The van der Waals surface area contributed by atoms with Gasteiger partial charge in [0.25, 0.3) is 5.22 Å². The largest absolute Gasteiger partial charge is 0.431 e. The summed E-state index contributed by atoms with van der Waals surface area (Å²) in [6, 6.07) is 16.1. The number of benzene rings is 2. The molecule has 2 aromatic carbocycles. The summed E-state index contributed by atoms with van der Waals surface area (Å²) in [4.78, 5) is 4.43. The lowest BCUT2D eigenvalue weighted by atomic mass is 10.1. The molecule has 3 nitrogen and oxygen atoms in total. The van der Waals surface area contributed by atoms with Gasteiger partial charge in [0, 0.05) is 11.8 Å². The van der Waals surface area contributed by atoms with Crippen LogP contribution in [0, 0.1) is 6.92 Å². The molecule has 1 atom stereocenters. The van der Waals surface area contributed by atoms with E-state index in [0.717, 1.165) is 22.4 Å². The van der Waals surface area contributed by atoms with E-state index in [9.17, 15) is 0 Å². The van der Waals surface area contributed by atoms with Gasteiger partial charge < -0.3 is 10.2 Å². The summed E-state index contributed by atoms with van der Waals surface area (Å²) < 4.78 is 5.67. The van der Waals surface area contributed by atoms with Crippen molar-refractivity contribution in [1.82, 2.24) is 4.98 Å². The summed E-state index contributed by atoms with van der Waals surface area (Å²) in [7, 11) is 0. The first-order valence-electron chi connectivity index (χ1n) is 6.53. The first-order valence-corrected chi connectivity index (χ1v) is 7.51. The molecule has 3 rings (SSSR count). The minimum Gasteiger partial charge on any atom is -0.431 e. The number of aromatic nitrogens is 1. The predicted octanol–water partition coefficient (Wildman–Crippen LogP) is 3.93. The number of fused-ring (bicyclic) bond motifs is 1. The first-order chi connectivity index (χ1) is 9.72. The van der Waals surface area contributed by atoms with Crippen LogP contribution in [0.15, 0.2) is 58.2 Å². The highest BCUT2D eigenvalue weighted by molar-refractivity contribution is 7.99. The molecule has 20 heavy (non-hydrogen) atoms. The Labute approximate surface area is 122 Å². The summed E-state index contributed by atoms with van der Waals surface area (Å²) in [6.07, 6.45) is 0. The predicted molar refractivity (Wildman–Crippen MR) is 82.8 cm³/mol. The van der Waals surface area contributed by atoms with Crippen LogP contribution in [0.4, 0.5) is 0 Å². The molecule has 1 unspecified atom stereocenters. The molecule has 0 radical (unpaired) electrons. The van der Waals surface area contributed by atoms with Crippen LogP contribution < -0.4 is 5.73 Å². The standard InChI is InChI=1S/C16H16N2OS/c1-11-6-8-12(9-7-11)13(17)10-20-16-18-14-4-2-3-5-15(14)19-16/h2-9,13H,10,17H2,1H3. The van der Waals surface area contributed by atoms with Gasteiger partial charge in [-0.2, -0.15) is 0 Å². The monoisotopic (exact) mass is 284 g/mol. The number of hydrogen-bond donors (Lipinski definition) is 1. The number of aryl methyl sites for hydroxylation is 1. The maximum atomic E-state index is 6.20. The molecule has 1 heterocycles. The fourth-order valence-corrected chi connectivity index (χ4v) is 2.81. The van der Waals surface area contributed by atoms with E-state index >= 15 is 0 Å². The minimum absolute atomic E-state index is 0.0180.